The van der Waals surface area contributed by atoms with Gasteiger partial charge in [-0.3, -0.25) is 10.1 Å². The van der Waals surface area contributed by atoms with Crippen LogP contribution in [0.3, 0.4) is 0 Å². The van der Waals surface area contributed by atoms with Gasteiger partial charge in [-0.2, -0.15) is 0 Å². The van der Waals surface area contributed by atoms with Gasteiger partial charge in [0.15, 0.2) is 0 Å². The highest BCUT2D eigenvalue weighted by Crippen LogP contribution is 2.28. The van der Waals surface area contributed by atoms with Crippen molar-refractivity contribution in [1.29, 1.82) is 0 Å². The van der Waals surface area contributed by atoms with Crippen LogP contribution < -0.4 is 10.6 Å². The van der Waals surface area contributed by atoms with Crippen LogP contribution in [0.25, 0.3) is 10.6 Å². The van der Waals surface area contributed by atoms with Gasteiger partial charge in [-0.15, -0.1) is 22.6 Å². The molecule has 0 spiro atoms. The molecule has 1 aliphatic heterocycles. The zero-order valence-electron chi connectivity index (χ0n) is 12.5. The van der Waals surface area contributed by atoms with Crippen LogP contribution in [0.15, 0.2) is 18.2 Å². The molecule has 0 aliphatic carbocycles. The van der Waals surface area contributed by atoms with Crippen LogP contribution in [0, 0.1) is 13.8 Å². The average Bonchev–Trinajstić information content (AvgIpc) is 3.08. The fourth-order valence-electron chi connectivity index (χ4n) is 2.59. The van der Waals surface area contributed by atoms with E-state index in [1.165, 1.54) is 22.5 Å². The summed E-state index contributed by atoms with van der Waals surface area (Å²) in [7, 11) is 0. The fourth-order valence-corrected chi connectivity index (χ4v) is 3.32. The molecule has 2 heterocycles. The number of benzene rings is 1. The molecule has 7 heteroatoms. The molecule has 2 aromatic rings. The molecule has 0 bridgehead atoms. The van der Waals surface area contributed by atoms with Crippen molar-refractivity contribution in [3.05, 3.63) is 29.3 Å². The summed E-state index contributed by atoms with van der Waals surface area (Å²) >= 11 is 1.41. The number of aryl methyl sites for hydroxylation is 2. The first kappa shape index (κ1) is 16.9. The highest BCUT2D eigenvalue weighted by molar-refractivity contribution is 7.18. The van der Waals surface area contributed by atoms with Crippen LogP contribution in [-0.4, -0.2) is 28.7 Å². The van der Waals surface area contributed by atoms with Crippen molar-refractivity contribution >= 4 is 34.8 Å². The van der Waals surface area contributed by atoms with E-state index in [-0.39, 0.29) is 24.4 Å². The zero-order valence-corrected chi connectivity index (χ0v) is 14.2. The van der Waals surface area contributed by atoms with Crippen molar-refractivity contribution in [2.45, 2.75) is 32.7 Å². The number of nitrogens with one attached hydrogen (secondary N) is 2. The molecular weight excluding hydrogens is 320 g/mol. The Balaban J connectivity index is 0.00000176. The van der Waals surface area contributed by atoms with Gasteiger partial charge in [-0.1, -0.05) is 28.5 Å². The minimum Gasteiger partial charge on any atom is -0.306 e. The van der Waals surface area contributed by atoms with Gasteiger partial charge in [0.1, 0.15) is 5.01 Å². The van der Waals surface area contributed by atoms with E-state index >= 15 is 0 Å². The summed E-state index contributed by atoms with van der Waals surface area (Å²) in [5.74, 6) is -0.0179. The number of hydrogen-bond donors (Lipinski definition) is 2. The van der Waals surface area contributed by atoms with Gasteiger partial charge < -0.3 is 5.32 Å². The average molecular weight is 339 g/mol. The SMILES string of the molecule is Cc1cc(C)cc(-c2nnc(NC(=O)C3CCCN3)s2)c1.Cl. The van der Waals surface area contributed by atoms with Crippen LogP contribution in [0.1, 0.15) is 24.0 Å². The van der Waals surface area contributed by atoms with Gasteiger partial charge in [-0.25, -0.2) is 0 Å². The summed E-state index contributed by atoms with van der Waals surface area (Å²) in [5, 5.41) is 15.7. The summed E-state index contributed by atoms with van der Waals surface area (Å²) in [6.07, 6.45) is 1.93. The lowest BCUT2D eigenvalue weighted by atomic mass is 10.1. The molecule has 1 amide bonds. The van der Waals surface area contributed by atoms with Gasteiger partial charge in [0.05, 0.1) is 6.04 Å². The van der Waals surface area contributed by atoms with E-state index < -0.39 is 0 Å². The Labute approximate surface area is 139 Å². The molecule has 0 radical (unpaired) electrons. The normalized spacial score (nSPS) is 17.1. The summed E-state index contributed by atoms with van der Waals surface area (Å²) < 4.78 is 0. The van der Waals surface area contributed by atoms with Crippen molar-refractivity contribution in [3.8, 4) is 10.6 Å². The molecule has 1 aromatic carbocycles. The van der Waals surface area contributed by atoms with Crippen LogP contribution in [0.2, 0.25) is 0 Å². The highest BCUT2D eigenvalue weighted by Gasteiger charge is 2.23. The van der Waals surface area contributed by atoms with Gasteiger partial charge in [0, 0.05) is 5.56 Å². The van der Waals surface area contributed by atoms with E-state index in [1.807, 2.05) is 0 Å². The predicted octanol–water partition coefficient (Wildman–Crippen LogP) is 2.93. The second kappa shape index (κ2) is 7.17. The maximum atomic E-state index is 12.0. The minimum absolute atomic E-state index is 0. The third-order valence-electron chi connectivity index (χ3n) is 3.50. The monoisotopic (exact) mass is 338 g/mol. The Morgan fingerprint density at radius 3 is 2.64 bits per heavy atom. The quantitative estimate of drug-likeness (QED) is 0.903. The number of nitrogens with zero attached hydrogens (tertiary/aromatic N) is 2. The molecule has 118 valence electrons. The van der Waals surface area contributed by atoms with Gasteiger partial charge in [0.2, 0.25) is 11.0 Å². The molecule has 1 saturated heterocycles. The number of carbonyl (C=O) groups excluding carboxylic acids is 1. The van der Waals surface area contributed by atoms with Gasteiger partial charge in [-0.05, 0) is 45.4 Å². The number of aromatic nitrogens is 2. The molecule has 1 aliphatic rings. The summed E-state index contributed by atoms with van der Waals surface area (Å²) in [6.45, 7) is 5.03. The molecule has 1 fully saturated rings. The molecule has 22 heavy (non-hydrogen) atoms. The smallest absolute Gasteiger partial charge is 0.243 e. The second-order valence-electron chi connectivity index (χ2n) is 5.43. The number of carbonyl (C=O) groups is 1. The van der Waals surface area contributed by atoms with E-state index in [0.717, 1.165) is 30.0 Å². The standard InChI is InChI=1S/C15H18N4OS.ClH/c1-9-6-10(2)8-11(7-9)14-18-19-15(21-14)17-13(20)12-4-3-5-16-12;/h6-8,12,16H,3-5H2,1-2H3,(H,17,19,20);1H. The number of amides is 1. The Hall–Kier alpha value is -1.50. The molecule has 5 nitrogen and oxygen atoms in total. The number of hydrogen-bond acceptors (Lipinski definition) is 5. The molecule has 3 rings (SSSR count). The third-order valence-corrected chi connectivity index (χ3v) is 4.39. The van der Waals surface area contributed by atoms with E-state index in [0.29, 0.717) is 5.13 Å². The molecule has 1 aromatic heterocycles. The Bertz CT molecular complexity index is 647. The molecule has 0 saturated carbocycles. The lowest BCUT2D eigenvalue weighted by Gasteiger charge is -2.07. The largest absolute Gasteiger partial charge is 0.306 e. The summed E-state index contributed by atoms with van der Waals surface area (Å²) in [4.78, 5) is 12.0. The topological polar surface area (TPSA) is 66.9 Å². The third kappa shape index (κ3) is 3.82. The van der Waals surface area contributed by atoms with Crippen LogP contribution >= 0.6 is 23.7 Å². The summed E-state index contributed by atoms with van der Waals surface area (Å²) in [6, 6.07) is 6.19. The van der Waals surface area contributed by atoms with Crippen molar-refractivity contribution in [1.82, 2.24) is 15.5 Å². The number of rotatable bonds is 3. The first-order valence-corrected chi connectivity index (χ1v) is 7.90. The number of halogens is 1. The van der Waals surface area contributed by atoms with Crippen molar-refractivity contribution in [3.63, 3.8) is 0 Å². The zero-order chi connectivity index (χ0) is 14.8. The van der Waals surface area contributed by atoms with E-state index in [9.17, 15) is 4.79 Å². The first-order chi connectivity index (χ1) is 10.1. The number of anilines is 1. The predicted molar refractivity (Wildman–Crippen MR) is 91.7 cm³/mol. The molecular formula is C15H19ClN4OS. The van der Waals surface area contributed by atoms with Crippen LogP contribution in [0.5, 0.6) is 0 Å². The molecule has 1 atom stereocenters. The van der Waals surface area contributed by atoms with E-state index in [4.69, 9.17) is 0 Å². The van der Waals surface area contributed by atoms with Crippen molar-refractivity contribution in [2.75, 3.05) is 11.9 Å². The van der Waals surface area contributed by atoms with Crippen molar-refractivity contribution < 1.29 is 4.79 Å². The maximum Gasteiger partial charge on any atom is 0.243 e. The fraction of sp³-hybridized carbons (Fsp3) is 0.400. The minimum atomic E-state index is -0.0986. The lowest BCUT2D eigenvalue weighted by Crippen LogP contribution is -2.35. The van der Waals surface area contributed by atoms with E-state index in [2.05, 4.69) is 52.9 Å². The van der Waals surface area contributed by atoms with Crippen LogP contribution in [-0.2, 0) is 4.79 Å². The van der Waals surface area contributed by atoms with E-state index in [1.54, 1.807) is 0 Å². The van der Waals surface area contributed by atoms with Crippen molar-refractivity contribution in [2.24, 2.45) is 0 Å². The maximum absolute atomic E-state index is 12.0. The van der Waals surface area contributed by atoms with Crippen LogP contribution in [0.4, 0.5) is 5.13 Å². The van der Waals surface area contributed by atoms with Gasteiger partial charge >= 0.3 is 0 Å². The Morgan fingerprint density at radius 2 is 2.00 bits per heavy atom. The second-order valence-corrected chi connectivity index (χ2v) is 6.40. The molecule has 2 N–H and O–H groups in total. The highest BCUT2D eigenvalue weighted by atomic mass is 35.5. The molecule has 1 unspecified atom stereocenters. The Kier molecular flexibility index (Phi) is 5.50. The Morgan fingerprint density at radius 1 is 1.27 bits per heavy atom. The summed E-state index contributed by atoms with van der Waals surface area (Å²) in [5.41, 5.74) is 3.44. The van der Waals surface area contributed by atoms with Gasteiger partial charge in [0.25, 0.3) is 0 Å². The first-order valence-electron chi connectivity index (χ1n) is 7.08. The lowest BCUT2D eigenvalue weighted by molar-refractivity contribution is -0.117.